The molecule has 0 saturated heterocycles. The predicted octanol–water partition coefficient (Wildman–Crippen LogP) is 4.28. The summed E-state index contributed by atoms with van der Waals surface area (Å²) in [6.07, 6.45) is 0. The average molecular weight is 353 g/mol. The van der Waals surface area contributed by atoms with E-state index in [0.717, 1.165) is 0 Å². The quantitative estimate of drug-likeness (QED) is 0.618. The summed E-state index contributed by atoms with van der Waals surface area (Å²) in [5.41, 5.74) is 0.0946. The van der Waals surface area contributed by atoms with Crippen molar-refractivity contribution in [2.45, 2.75) is 22.6 Å². The molecule has 5 heteroatoms. The summed E-state index contributed by atoms with van der Waals surface area (Å²) in [7, 11) is 0. The zero-order valence-corrected chi connectivity index (χ0v) is 11.9. The number of hydrogen-bond acceptors (Lipinski definition) is 1. The Kier molecular flexibility index (Phi) is 2.74. The van der Waals surface area contributed by atoms with Gasteiger partial charge in [0.2, 0.25) is 5.97 Å². The summed E-state index contributed by atoms with van der Waals surface area (Å²) >= 11 is 6.90. The smallest absolute Gasteiger partial charge is 0.216 e. The molecular weight excluding hydrogens is 344 g/mol. The van der Waals surface area contributed by atoms with Crippen molar-refractivity contribution in [2.75, 3.05) is 0 Å². The molecule has 1 aliphatic rings. The maximum absolute atomic E-state index is 13.7. The van der Waals surface area contributed by atoms with E-state index in [1.165, 1.54) is 18.2 Å². The fraction of sp³-hybridized carbons (Fsp3) is 0.364. The highest BCUT2D eigenvalue weighted by atomic mass is 79.9. The summed E-state index contributed by atoms with van der Waals surface area (Å²) < 4.78 is 26.2. The molecule has 1 aliphatic heterocycles. The Labute approximate surface area is 109 Å². The van der Waals surface area contributed by atoms with E-state index in [2.05, 4.69) is 36.9 Å². The van der Waals surface area contributed by atoms with Gasteiger partial charge < -0.3 is 0 Å². The van der Waals surface area contributed by atoms with E-state index in [1.807, 2.05) is 0 Å². The second kappa shape index (κ2) is 3.60. The molecule has 2 rings (SSSR count). The highest BCUT2D eigenvalue weighted by molar-refractivity contribution is 9.24. The zero-order chi connectivity index (χ0) is 12.1. The summed E-state index contributed by atoms with van der Waals surface area (Å²) in [6.45, 7) is 3.54. The van der Waals surface area contributed by atoms with Gasteiger partial charge in [-0.1, -0.05) is 31.9 Å². The Bertz CT molecular complexity index is 481. The minimum absolute atomic E-state index is 0.314. The summed E-state index contributed by atoms with van der Waals surface area (Å²) in [6, 6.07) is 3.94. The number of fused-ring (bicyclic) bond motifs is 1. The van der Waals surface area contributed by atoms with Gasteiger partial charge in [0.15, 0.2) is 0 Å². The summed E-state index contributed by atoms with van der Waals surface area (Å²) in [5.74, 6) is -0.956. The number of rotatable bonds is 0. The molecule has 86 valence electrons. The van der Waals surface area contributed by atoms with Crippen LogP contribution >= 0.6 is 31.9 Å². The van der Waals surface area contributed by atoms with Crippen molar-refractivity contribution in [3.63, 3.8) is 0 Å². The van der Waals surface area contributed by atoms with Gasteiger partial charge in [0.25, 0.3) is 0 Å². The molecule has 16 heavy (non-hydrogen) atoms. The zero-order valence-electron chi connectivity index (χ0n) is 8.69. The fourth-order valence-corrected chi connectivity index (χ4v) is 2.49. The van der Waals surface area contributed by atoms with Crippen LogP contribution in [0.2, 0.25) is 0 Å². The third-order valence-corrected chi connectivity index (χ3v) is 5.48. The van der Waals surface area contributed by atoms with Crippen LogP contribution in [0.25, 0.3) is 0 Å². The fourth-order valence-electron chi connectivity index (χ4n) is 1.66. The first-order valence-electron chi connectivity index (χ1n) is 4.69. The van der Waals surface area contributed by atoms with E-state index in [1.54, 1.807) is 13.8 Å². The maximum Gasteiger partial charge on any atom is 0.216 e. The van der Waals surface area contributed by atoms with Crippen molar-refractivity contribution < 1.29 is 8.78 Å². The van der Waals surface area contributed by atoms with E-state index in [0.29, 0.717) is 11.1 Å². The van der Waals surface area contributed by atoms with Gasteiger partial charge >= 0.3 is 0 Å². The number of alkyl halides is 2. The van der Waals surface area contributed by atoms with Crippen LogP contribution in [0.3, 0.4) is 0 Å². The van der Waals surface area contributed by atoms with Gasteiger partial charge in [0.05, 0.1) is 5.54 Å². The Morgan fingerprint density at radius 2 is 1.81 bits per heavy atom. The second-order valence-electron chi connectivity index (χ2n) is 4.23. The molecule has 1 aromatic rings. The topological polar surface area (TPSA) is 12.4 Å². The van der Waals surface area contributed by atoms with E-state index < -0.39 is 20.6 Å². The van der Waals surface area contributed by atoms with E-state index in [4.69, 9.17) is 0 Å². The lowest BCUT2D eigenvalue weighted by atomic mass is 9.89. The van der Waals surface area contributed by atoms with Crippen LogP contribution in [0.4, 0.5) is 8.78 Å². The SMILES string of the molecule is CC1(C)N=C(F)c2ccc(F)cc2C1(Br)Br. The standard InChI is InChI=1S/C11H9Br2F2N/c1-10(2)11(12,13)8-5-6(14)3-4-7(8)9(15)16-10/h3-5H,1-2H3. The lowest BCUT2D eigenvalue weighted by Crippen LogP contribution is -2.41. The van der Waals surface area contributed by atoms with Crippen LogP contribution in [0.1, 0.15) is 25.0 Å². The Balaban J connectivity index is 2.75. The van der Waals surface area contributed by atoms with E-state index >= 15 is 0 Å². The highest BCUT2D eigenvalue weighted by Gasteiger charge is 2.47. The molecule has 0 saturated carbocycles. The number of halogens is 4. The summed E-state index contributed by atoms with van der Waals surface area (Å²) in [4.78, 5) is 3.97. The second-order valence-corrected chi connectivity index (χ2v) is 7.67. The summed E-state index contributed by atoms with van der Waals surface area (Å²) in [5, 5.41) is 0. The molecule has 0 N–H and O–H groups in total. The number of hydrogen-bond donors (Lipinski definition) is 0. The molecule has 0 aliphatic carbocycles. The monoisotopic (exact) mass is 351 g/mol. The first-order valence-corrected chi connectivity index (χ1v) is 6.28. The molecule has 0 fully saturated rings. The van der Waals surface area contributed by atoms with Gasteiger partial charge in [0.1, 0.15) is 9.05 Å². The number of benzene rings is 1. The molecule has 0 bridgehead atoms. The van der Waals surface area contributed by atoms with Crippen molar-refractivity contribution in [1.29, 1.82) is 0 Å². The first-order chi connectivity index (χ1) is 7.25. The van der Waals surface area contributed by atoms with Crippen molar-refractivity contribution >= 4 is 37.8 Å². The van der Waals surface area contributed by atoms with Crippen molar-refractivity contribution in [2.24, 2.45) is 4.99 Å². The van der Waals surface area contributed by atoms with Crippen LogP contribution < -0.4 is 0 Å². The lowest BCUT2D eigenvalue weighted by molar-refractivity contribution is 0.471. The molecule has 0 atom stereocenters. The molecule has 0 spiro atoms. The largest absolute Gasteiger partial charge is 0.248 e. The van der Waals surface area contributed by atoms with Gasteiger partial charge in [-0.2, -0.15) is 4.39 Å². The van der Waals surface area contributed by atoms with Crippen molar-refractivity contribution in [3.05, 3.63) is 35.1 Å². The van der Waals surface area contributed by atoms with Crippen molar-refractivity contribution in [1.82, 2.24) is 0 Å². The minimum Gasteiger partial charge on any atom is -0.248 e. The molecule has 1 aromatic carbocycles. The van der Waals surface area contributed by atoms with Crippen LogP contribution in [0.15, 0.2) is 23.2 Å². The van der Waals surface area contributed by atoms with Crippen LogP contribution in [-0.4, -0.2) is 11.5 Å². The maximum atomic E-state index is 13.7. The Hall–Kier alpha value is -0.290. The third-order valence-electron chi connectivity index (χ3n) is 2.69. The third kappa shape index (κ3) is 1.64. The van der Waals surface area contributed by atoms with Crippen LogP contribution in [-0.2, 0) is 3.23 Å². The number of aliphatic imine (C=N–C) groups is 1. The lowest BCUT2D eigenvalue weighted by Gasteiger charge is -2.39. The molecule has 1 heterocycles. The predicted molar refractivity (Wildman–Crippen MR) is 67.7 cm³/mol. The molecule has 0 amide bonds. The normalized spacial score (nSPS) is 21.2. The molecule has 0 radical (unpaired) electrons. The first kappa shape index (κ1) is 12.2. The van der Waals surface area contributed by atoms with Crippen molar-refractivity contribution in [3.8, 4) is 0 Å². The molecule has 0 unspecified atom stereocenters. The van der Waals surface area contributed by atoms with Gasteiger partial charge in [-0.05, 0) is 37.6 Å². The van der Waals surface area contributed by atoms with Gasteiger partial charge in [0, 0.05) is 5.56 Å². The number of nitrogens with zero attached hydrogens (tertiary/aromatic N) is 1. The van der Waals surface area contributed by atoms with E-state index in [-0.39, 0.29) is 0 Å². The average Bonchev–Trinajstić information content (AvgIpc) is 2.14. The Morgan fingerprint density at radius 1 is 1.19 bits per heavy atom. The molecule has 0 aromatic heterocycles. The molecule has 1 nitrogen and oxygen atoms in total. The van der Waals surface area contributed by atoms with Gasteiger partial charge in [-0.15, -0.1) is 0 Å². The van der Waals surface area contributed by atoms with Gasteiger partial charge in [-0.25, -0.2) is 9.38 Å². The highest BCUT2D eigenvalue weighted by Crippen LogP contribution is 2.52. The van der Waals surface area contributed by atoms with Crippen LogP contribution in [0.5, 0.6) is 0 Å². The van der Waals surface area contributed by atoms with E-state index in [9.17, 15) is 8.78 Å². The van der Waals surface area contributed by atoms with Crippen LogP contribution in [0, 0.1) is 5.82 Å². The Morgan fingerprint density at radius 3 is 2.44 bits per heavy atom. The molecular formula is C11H9Br2F2N. The minimum atomic E-state index is -0.764. The van der Waals surface area contributed by atoms with Gasteiger partial charge in [-0.3, -0.25) is 0 Å².